The van der Waals surface area contributed by atoms with Gasteiger partial charge >= 0.3 is 0 Å². The maximum atomic E-state index is 15.2. The molecule has 2 aromatic carbocycles. The van der Waals surface area contributed by atoms with Crippen molar-refractivity contribution in [2.45, 2.75) is 51.2 Å². The Bertz CT molecular complexity index is 1480. The lowest BCUT2D eigenvalue weighted by Crippen LogP contribution is -2.36. The van der Waals surface area contributed by atoms with E-state index in [1.165, 1.54) is 11.3 Å². The van der Waals surface area contributed by atoms with Gasteiger partial charge in [-0.1, -0.05) is 17.4 Å². The molecule has 2 fully saturated rings. The number of nitrogens with zero attached hydrogens (tertiary/aromatic N) is 3. The lowest BCUT2D eigenvalue weighted by Gasteiger charge is -2.28. The first-order valence-electron chi connectivity index (χ1n) is 13.6. The maximum Gasteiger partial charge on any atom is 0.251 e. The molecule has 2 saturated heterocycles. The number of piperidine rings is 1. The number of likely N-dealkylation sites (tertiary alicyclic amines) is 1. The molecule has 2 aliphatic heterocycles. The zero-order valence-electron chi connectivity index (χ0n) is 22.4. The number of aromatic nitrogens is 2. The second kappa shape index (κ2) is 13.1. The summed E-state index contributed by atoms with van der Waals surface area (Å²) in [6, 6.07) is 11.4. The van der Waals surface area contributed by atoms with E-state index in [9.17, 15) is 9.18 Å². The van der Waals surface area contributed by atoms with E-state index < -0.39 is 6.17 Å². The van der Waals surface area contributed by atoms with Crippen LogP contribution in [-0.2, 0) is 0 Å². The number of thiazole rings is 1. The SMILES string of the molecule is Cc1c(-c2ccc([C@H]3CCCN3)cc2F)nc2sc3cc(C(=O)NCCCN4CCC(F)CC4)ccc3n12.Cl.Cl. The number of benzene rings is 2. The van der Waals surface area contributed by atoms with Crippen molar-refractivity contribution in [3.63, 3.8) is 0 Å². The van der Waals surface area contributed by atoms with Gasteiger partial charge < -0.3 is 15.5 Å². The summed E-state index contributed by atoms with van der Waals surface area (Å²) < 4.78 is 31.5. The molecule has 4 heterocycles. The molecule has 0 bridgehead atoms. The Morgan fingerprint density at radius 2 is 1.95 bits per heavy atom. The first-order valence-corrected chi connectivity index (χ1v) is 14.4. The minimum absolute atomic E-state index is 0. The van der Waals surface area contributed by atoms with Crippen molar-refractivity contribution in [1.82, 2.24) is 24.9 Å². The lowest BCUT2D eigenvalue weighted by molar-refractivity contribution is 0.0950. The van der Waals surface area contributed by atoms with Crippen molar-refractivity contribution >= 4 is 57.2 Å². The van der Waals surface area contributed by atoms with Crippen LogP contribution in [0.2, 0.25) is 0 Å². The molecule has 2 N–H and O–H groups in total. The van der Waals surface area contributed by atoms with Gasteiger partial charge in [-0.15, -0.1) is 24.8 Å². The highest BCUT2D eigenvalue weighted by Gasteiger charge is 2.22. The third kappa shape index (κ3) is 6.14. The lowest BCUT2D eigenvalue weighted by atomic mass is 10.0. The molecule has 0 aliphatic carbocycles. The molecule has 2 aliphatic rings. The number of carbonyl (C=O) groups excluding carboxylic acids is 1. The number of rotatable bonds is 7. The van der Waals surface area contributed by atoms with Gasteiger partial charge in [0.2, 0.25) is 0 Å². The second-order valence-electron chi connectivity index (χ2n) is 10.5. The Morgan fingerprint density at radius 3 is 2.67 bits per heavy atom. The number of imidazole rings is 1. The molecule has 1 amide bonds. The van der Waals surface area contributed by atoms with E-state index in [0.717, 1.165) is 71.9 Å². The summed E-state index contributed by atoms with van der Waals surface area (Å²) in [5.74, 6) is -0.350. The normalized spacial score (nSPS) is 18.1. The van der Waals surface area contributed by atoms with Gasteiger partial charge in [0.1, 0.15) is 12.0 Å². The molecular weight excluding hydrogens is 575 g/mol. The molecule has 2 aromatic heterocycles. The predicted octanol–water partition coefficient (Wildman–Crippen LogP) is 6.49. The van der Waals surface area contributed by atoms with Gasteiger partial charge in [0.15, 0.2) is 4.96 Å². The Hall–Kier alpha value is -2.30. The van der Waals surface area contributed by atoms with Crippen LogP contribution in [0.1, 0.15) is 59.8 Å². The van der Waals surface area contributed by atoms with Crippen molar-refractivity contribution in [3.05, 3.63) is 59.0 Å². The molecular formula is C29H35Cl2F2N5OS. The minimum Gasteiger partial charge on any atom is -0.352 e. The molecule has 1 atom stereocenters. The van der Waals surface area contributed by atoms with Gasteiger partial charge in [-0.2, -0.15) is 0 Å². The van der Waals surface area contributed by atoms with Crippen LogP contribution in [0.5, 0.6) is 0 Å². The highest BCUT2D eigenvalue weighted by Crippen LogP contribution is 2.35. The average molecular weight is 611 g/mol. The van der Waals surface area contributed by atoms with Gasteiger partial charge in [-0.3, -0.25) is 9.20 Å². The van der Waals surface area contributed by atoms with Crippen LogP contribution < -0.4 is 10.6 Å². The van der Waals surface area contributed by atoms with Crippen LogP contribution in [0.3, 0.4) is 0 Å². The number of hydrogen-bond acceptors (Lipinski definition) is 5. The summed E-state index contributed by atoms with van der Waals surface area (Å²) in [4.78, 5) is 20.6. The van der Waals surface area contributed by atoms with Crippen molar-refractivity contribution in [1.29, 1.82) is 0 Å². The summed E-state index contributed by atoms with van der Waals surface area (Å²) in [5, 5.41) is 6.43. The summed E-state index contributed by atoms with van der Waals surface area (Å²) in [6.07, 6.45) is 3.54. The quantitative estimate of drug-likeness (QED) is 0.235. The Balaban J connectivity index is 0.00000185. The molecule has 0 spiro atoms. The number of aryl methyl sites for hydroxylation is 1. The molecule has 0 radical (unpaired) electrons. The van der Waals surface area contributed by atoms with E-state index in [1.807, 2.05) is 41.7 Å². The topological polar surface area (TPSA) is 61.7 Å². The van der Waals surface area contributed by atoms with Crippen LogP contribution in [0.4, 0.5) is 8.78 Å². The van der Waals surface area contributed by atoms with Crippen molar-refractivity contribution in [2.24, 2.45) is 0 Å². The van der Waals surface area contributed by atoms with Crippen molar-refractivity contribution in [2.75, 3.05) is 32.7 Å². The molecule has 4 aromatic rings. The Morgan fingerprint density at radius 1 is 1.15 bits per heavy atom. The van der Waals surface area contributed by atoms with E-state index in [1.54, 1.807) is 6.07 Å². The summed E-state index contributed by atoms with van der Waals surface area (Å²) in [5.41, 5.74) is 4.60. The molecule has 0 saturated carbocycles. The highest BCUT2D eigenvalue weighted by atomic mass is 35.5. The smallest absolute Gasteiger partial charge is 0.251 e. The fourth-order valence-corrected chi connectivity index (χ4v) is 6.85. The number of nitrogens with one attached hydrogen (secondary N) is 2. The average Bonchev–Trinajstić information content (AvgIpc) is 3.64. The van der Waals surface area contributed by atoms with Crippen molar-refractivity contribution < 1.29 is 13.6 Å². The second-order valence-corrected chi connectivity index (χ2v) is 11.5. The standard InChI is InChI=1S/C29H33F2N5OS.2ClH/c1-18-27(22-7-5-19(16-23(22)31)24-4-2-11-32-24)34-29-36(18)25-8-6-20(17-26(25)38-29)28(37)33-12-3-13-35-14-9-21(30)10-15-35;;/h5-8,16-17,21,24,32H,2-4,9-15H2,1H3,(H,33,37);2*1H/t24-;;/m1../s1. The minimum atomic E-state index is -0.664. The van der Waals surface area contributed by atoms with Gasteiger partial charge in [0, 0.05) is 42.5 Å². The van der Waals surface area contributed by atoms with Crippen molar-refractivity contribution in [3.8, 4) is 11.3 Å². The highest BCUT2D eigenvalue weighted by molar-refractivity contribution is 7.23. The number of alkyl halides is 1. The number of hydrogen-bond donors (Lipinski definition) is 2. The monoisotopic (exact) mass is 609 g/mol. The van der Waals surface area contributed by atoms with Gasteiger partial charge in [-0.05, 0) is 88.0 Å². The van der Waals surface area contributed by atoms with E-state index in [-0.39, 0.29) is 42.6 Å². The molecule has 11 heteroatoms. The van der Waals surface area contributed by atoms with Crippen LogP contribution in [-0.4, -0.2) is 59.1 Å². The molecule has 6 nitrogen and oxygen atoms in total. The fraction of sp³-hybridized carbons (Fsp3) is 0.448. The van der Waals surface area contributed by atoms with Gasteiger partial charge in [0.25, 0.3) is 5.91 Å². The number of fused-ring (bicyclic) bond motifs is 3. The molecule has 216 valence electrons. The van der Waals surface area contributed by atoms with E-state index >= 15 is 4.39 Å². The van der Waals surface area contributed by atoms with Crippen LogP contribution in [0.25, 0.3) is 26.4 Å². The van der Waals surface area contributed by atoms with Gasteiger partial charge in [-0.25, -0.2) is 13.8 Å². The van der Waals surface area contributed by atoms with E-state index in [4.69, 9.17) is 4.98 Å². The number of carbonyl (C=O) groups is 1. The van der Waals surface area contributed by atoms with Crippen LogP contribution in [0, 0.1) is 12.7 Å². The number of halogens is 4. The fourth-order valence-electron chi connectivity index (χ4n) is 5.74. The predicted molar refractivity (Wildman–Crippen MR) is 163 cm³/mol. The molecule has 40 heavy (non-hydrogen) atoms. The molecule has 6 rings (SSSR count). The third-order valence-corrected chi connectivity index (χ3v) is 8.91. The first-order chi connectivity index (χ1) is 18.5. The Kier molecular flexibility index (Phi) is 10.1. The summed E-state index contributed by atoms with van der Waals surface area (Å²) in [7, 11) is 0. The third-order valence-electron chi connectivity index (χ3n) is 7.91. The summed E-state index contributed by atoms with van der Waals surface area (Å²) >= 11 is 1.50. The molecule has 0 unspecified atom stereocenters. The number of amides is 1. The summed E-state index contributed by atoms with van der Waals surface area (Å²) in [6.45, 7) is 5.99. The van der Waals surface area contributed by atoms with Gasteiger partial charge in [0.05, 0.1) is 15.9 Å². The Labute approximate surface area is 249 Å². The van der Waals surface area contributed by atoms with E-state index in [0.29, 0.717) is 36.2 Å². The zero-order chi connectivity index (χ0) is 26.2. The van der Waals surface area contributed by atoms with E-state index in [2.05, 4.69) is 15.5 Å². The van der Waals surface area contributed by atoms with Crippen LogP contribution in [0.15, 0.2) is 36.4 Å². The first kappa shape index (κ1) is 30.7. The van der Waals surface area contributed by atoms with Crippen LogP contribution >= 0.6 is 36.2 Å². The largest absolute Gasteiger partial charge is 0.352 e. The zero-order valence-corrected chi connectivity index (χ0v) is 24.9. The maximum absolute atomic E-state index is 15.2.